The van der Waals surface area contributed by atoms with Crippen LogP contribution in [0.25, 0.3) is 0 Å². The molecular weight excluding hydrogens is 466 g/mol. The van der Waals surface area contributed by atoms with Crippen LogP contribution in [0.2, 0.25) is 0 Å². The molecule has 0 radical (unpaired) electrons. The highest BCUT2D eigenvalue weighted by Gasteiger charge is 2.46. The fourth-order valence-corrected chi connectivity index (χ4v) is 5.08. The summed E-state index contributed by atoms with van der Waals surface area (Å²) in [7, 11) is 1.52. The van der Waals surface area contributed by atoms with Crippen LogP contribution < -0.4 is 20.7 Å². The Morgan fingerprint density at radius 1 is 1.06 bits per heavy atom. The van der Waals surface area contributed by atoms with Crippen LogP contribution in [-0.2, 0) is 14.3 Å². The zero-order chi connectivity index (χ0) is 26.0. The molecule has 0 saturated carbocycles. The fourth-order valence-electron chi connectivity index (χ4n) is 5.08. The molecule has 2 saturated heterocycles. The topological polar surface area (TPSA) is 129 Å². The summed E-state index contributed by atoms with van der Waals surface area (Å²) in [6.07, 6.45) is 0.908. The number of nitrogens with zero attached hydrogens (tertiary/aromatic N) is 2. The predicted octanol–water partition coefficient (Wildman–Crippen LogP) is 1.53. The molecule has 4 atom stereocenters. The SMILES string of the molecule is CNC(=O)N1CC[C@H]2CC[C@@H](C(=O)NC3COc4ccccc43)N2C(=O)[C@@H](NC(=O)OC(C)(C)C)C1. The molecule has 5 amide bonds. The van der Waals surface area contributed by atoms with E-state index in [-0.39, 0.29) is 30.6 Å². The van der Waals surface area contributed by atoms with Crippen molar-refractivity contribution in [2.75, 3.05) is 26.7 Å². The zero-order valence-electron chi connectivity index (χ0n) is 21.2. The van der Waals surface area contributed by atoms with Gasteiger partial charge in [-0.15, -0.1) is 0 Å². The number of hydrogen-bond acceptors (Lipinski definition) is 6. The van der Waals surface area contributed by atoms with Gasteiger partial charge in [0.15, 0.2) is 0 Å². The van der Waals surface area contributed by atoms with Crippen LogP contribution in [0.3, 0.4) is 0 Å². The Bertz CT molecular complexity index is 1020. The van der Waals surface area contributed by atoms with Crippen LogP contribution in [0, 0.1) is 0 Å². The molecule has 1 unspecified atom stereocenters. The van der Waals surface area contributed by atoms with Gasteiger partial charge in [0.2, 0.25) is 11.8 Å². The Morgan fingerprint density at radius 3 is 2.53 bits per heavy atom. The summed E-state index contributed by atoms with van der Waals surface area (Å²) < 4.78 is 11.0. The third kappa shape index (κ3) is 5.50. The molecule has 3 aliphatic rings. The van der Waals surface area contributed by atoms with E-state index in [4.69, 9.17) is 9.47 Å². The van der Waals surface area contributed by atoms with E-state index in [1.165, 1.54) is 11.9 Å². The largest absolute Gasteiger partial charge is 0.491 e. The first-order valence-electron chi connectivity index (χ1n) is 12.4. The van der Waals surface area contributed by atoms with Gasteiger partial charge in [-0.25, -0.2) is 9.59 Å². The van der Waals surface area contributed by atoms with Gasteiger partial charge in [0.1, 0.15) is 30.0 Å². The van der Waals surface area contributed by atoms with Crippen molar-refractivity contribution in [2.45, 2.75) is 69.8 Å². The van der Waals surface area contributed by atoms with Gasteiger partial charge >= 0.3 is 12.1 Å². The Morgan fingerprint density at radius 2 is 1.81 bits per heavy atom. The molecule has 196 valence electrons. The molecule has 2 fully saturated rings. The van der Waals surface area contributed by atoms with Crippen LogP contribution in [0.15, 0.2) is 24.3 Å². The summed E-state index contributed by atoms with van der Waals surface area (Å²) in [5.74, 6) is 0.0847. The monoisotopic (exact) mass is 501 g/mol. The number of carbonyl (C=O) groups is 4. The molecule has 11 nitrogen and oxygen atoms in total. The third-order valence-corrected chi connectivity index (χ3v) is 6.70. The van der Waals surface area contributed by atoms with Crippen LogP contribution in [0.5, 0.6) is 5.75 Å². The lowest BCUT2D eigenvalue weighted by molar-refractivity contribution is -0.143. The van der Waals surface area contributed by atoms with Crippen molar-refractivity contribution in [3.63, 3.8) is 0 Å². The quantitative estimate of drug-likeness (QED) is 0.576. The maximum absolute atomic E-state index is 13.8. The van der Waals surface area contributed by atoms with Gasteiger partial charge < -0.3 is 35.2 Å². The second-order valence-corrected chi connectivity index (χ2v) is 10.4. The van der Waals surface area contributed by atoms with Crippen molar-refractivity contribution in [3.05, 3.63) is 29.8 Å². The van der Waals surface area contributed by atoms with E-state index in [9.17, 15) is 19.2 Å². The predicted molar refractivity (Wildman–Crippen MR) is 130 cm³/mol. The van der Waals surface area contributed by atoms with E-state index in [1.807, 2.05) is 24.3 Å². The van der Waals surface area contributed by atoms with Gasteiger partial charge in [-0.3, -0.25) is 9.59 Å². The minimum absolute atomic E-state index is 0.0286. The molecular formula is C25H35N5O6. The zero-order valence-corrected chi connectivity index (χ0v) is 21.2. The van der Waals surface area contributed by atoms with Crippen molar-refractivity contribution < 1.29 is 28.7 Å². The fraction of sp³-hybridized carbons (Fsp3) is 0.600. The van der Waals surface area contributed by atoms with Gasteiger partial charge in [0, 0.05) is 25.2 Å². The summed E-state index contributed by atoms with van der Waals surface area (Å²) in [6, 6.07) is 4.97. The minimum Gasteiger partial charge on any atom is -0.491 e. The summed E-state index contributed by atoms with van der Waals surface area (Å²) in [4.78, 5) is 55.3. The Labute approximate surface area is 210 Å². The minimum atomic E-state index is -1.05. The van der Waals surface area contributed by atoms with Crippen molar-refractivity contribution in [1.82, 2.24) is 25.8 Å². The third-order valence-electron chi connectivity index (χ3n) is 6.70. The summed E-state index contributed by atoms with van der Waals surface area (Å²) in [6.45, 7) is 5.87. The van der Waals surface area contributed by atoms with Crippen LogP contribution in [0.4, 0.5) is 9.59 Å². The Hall–Kier alpha value is -3.50. The number of alkyl carbamates (subject to hydrolysis) is 1. The lowest BCUT2D eigenvalue weighted by Gasteiger charge is -2.38. The second kappa shape index (κ2) is 10.2. The van der Waals surface area contributed by atoms with Crippen LogP contribution in [-0.4, -0.2) is 84.2 Å². The number of amides is 5. The summed E-state index contributed by atoms with van der Waals surface area (Å²) >= 11 is 0. The van der Waals surface area contributed by atoms with Crippen molar-refractivity contribution in [3.8, 4) is 5.75 Å². The van der Waals surface area contributed by atoms with Gasteiger partial charge in [-0.2, -0.15) is 0 Å². The lowest BCUT2D eigenvalue weighted by Crippen LogP contribution is -2.62. The molecule has 1 aromatic carbocycles. The van der Waals surface area contributed by atoms with Crippen LogP contribution >= 0.6 is 0 Å². The van der Waals surface area contributed by atoms with E-state index >= 15 is 0 Å². The molecule has 36 heavy (non-hydrogen) atoms. The average molecular weight is 502 g/mol. The summed E-state index contributed by atoms with van der Waals surface area (Å²) in [5.41, 5.74) is 0.151. The molecule has 0 bridgehead atoms. The second-order valence-electron chi connectivity index (χ2n) is 10.4. The van der Waals surface area contributed by atoms with E-state index in [2.05, 4.69) is 16.0 Å². The highest BCUT2D eigenvalue weighted by molar-refractivity contribution is 5.93. The molecule has 0 aliphatic carbocycles. The Balaban J connectivity index is 1.53. The number of carbonyl (C=O) groups excluding carboxylic acids is 4. The molecule has 3 N–H and O–H groups in total. The first kappa shape index (κ1) is 25.6. The molecule has 11 heteroatoms. The van der Waals surface area contributed by atoms with E-state index < -0.39 is 29.7 Å². The number of nitrogens with one attached hydrogen (secondary N) is 3. The smallest absolute Gasteiger partial charge is 0.408 e. The molecule has 3 aliphatic heterocycles. The molecule has 0 spiro atoms. The van der Waals surface area contributed by atoms with E-state index in [0.29, 0.717) is 32.4 Å². The number of para-hydroxylation sites is 1. The van der Waals surface area contributed by atoms with E-state index in [1.54, 1.807) is 25.7 Å². The van der Waals surface area contributed by atoms with Gasteiger partial charge in [-0.1, -0.05) is 18.2 Å². The van der Waals surface area contributed by atoms with E-state index in [0.717, 1.165) is 11.3 Å². The molecule has 4 rings (SSSR count). The molecule has 3 heterocycles. The number of fused-ring (bicyclic) bond motifs is 2. The lowest BCUT2D eigenvalue weighted by atomic mass is 10.1. The van der Waals surface area contributed by atoms with Crippen LogP contribution in [0.1, 0.15) is 51.6 Å². The molecule has 1 aromatic rings. The molecule has 0 aromatic heterocycles. The normalized spacial score (nSPS) is 25.6. The average Bonchev–Trinajstić information content (AvgIpc) is 3.42. The number of ether oxygens (including phenoxy) is 2. The number of hydrogen-bond donors (Lipinski definition) is 3. The van der Waals surface area contributed by atoms with Gasteiger partial charge in [0.25, 0.3) is 0 Å². The number of benzene rings is 1. The standard InChI is InChI=1S/C25H35N5O6/c1-25(2,3)36-24(34)28-17-13-29(23(33)26-4)12-11-15-9-10-19(30(15)22(17)32)21(31)27-18-14-35-20-8-6-5-7-16(18)20/h5-8,15,17-19H,9-14H2,1-4H3,(H,26,33)(H,27,31)(H,28,34)/t15-,17+,18?,19+/m1/s1. The maximum Gasteiger partial charge on any atom is 0.408 e. The highest BCUT2D eigenvalue weighted by Crippen LogP contribution is 2.34. The van der Waals surface area contributed by atoms with Gasteiger partial charge in [0.05, 0.1) is 12.6 Å². The van der Waals surface area contributed by atoms with Crippen molar-refractivity contribution in [1.29, 1.82) is 0 Å². The summed E-state index contributed by atoms with van der Waals surface area (Å²) in [5, 5.41) is 8.27. The number of urea groups is 1. The first-order valence-corrected chi connectivity index (χ1v) is 12.4. The first-order chi connectivity index (χ1) is 17.1. The Kier molecular flexibility index (Phi) is 7.28. The number of rotatable bonds is 3. The van der Waals surface area contributed by atoms with Crippen molar-refractivity contribution in [2.24, 2.45) is 0 Å². The van der Waals surface area contributed by atoms with Gasteiger partial charge in [-0.05, 0) is 46.1 Å². The maximum atomic E-state index is 13.8. The highest BCUT2D eigenvalue weighted by atomic mass is 16.6. The van der Waals surface area contributed by atoms with Crippen molar-refractivity contribution >= 4 is 23.9 Å².